The minimum Gasteiger partial charge on any atom is -0.368 e. The molecule has 0 unspecified atom stereocenters. The number of nitrogens with zero attached hydrogens (tertiary/aromatic N) is 2. The van der Waals surface area contributed by atoms with Gasteiger partial charge in [0, 0.05) is 31.9 Å². The van der Waals surface area contributed by atoms with Crippen molar-refractivity contribution in [2.24, 2.45) is 5.73 Å². The molecule has 0 spiro atoms. The average Bonchev–Trinajstić information content (AvgIpc) is 2.58. The normalized spacial score (nSPS) is 16.0. The maximum Gasteiger partial charge on any atom is 0.312 e. The minimum atomic E-state index is -0.646. The lowest BCUT2D eigenvalue weighted by atomic mass is 10.1. The first-order valence-electron chi connectivity index (χ1n) is 7.75. The van der Waals surface area contributed by atoms with Gasteiger partial charge in [-0.15, -0.1) is 0 Å². The van der Waals surface area contributed by atoms with E-state index in [1.165, 1.54) is 5.69 Å². The summed E-state index contributed by atoms with van der Waals surface area (Å²) in [6, 6.07) is 9.01. The van der Waals surface area contributed by atoms with Crippen LogP contribution in [0.3, 0.4) is 0 Å². The molecule has 1 atom stereocenters. The van der Waals surface area contributed by atoms with Crippen molar-refractivity contribution in [3.8, 4) is 0 Å². The smallest absolute Gasteiger partial charge is 0.312 e. The van der Waals surface area contributed by atoms with Crippen LogP contribution >= 0.6 is 11.8 Å². The standard InChI is InChI=1S/C16H24N4O2S/c1-23-12-7-14(18-16(17)22)15(21)20-10-8-19(9-11-20)13-5-3-2-4-6-13/h2-6,14H,7-12H2,1H3,(H3,17,18,22)/t14-/m0/s1. The highest BCUT2D eigenvalue weighted by molar-refractivity contribution is 7.98. The highest BCUT2D eigenvalue weighted by Gasteiger charge is 2.27. The fraction of sp³-hybridized carbons (Fsp3) is 0.500. The molecule has 0 aliphatic carbocycles. The van der Waals surface area contributed by atoms with Gasteiger partial charge in [0.1, 0.15) is 6.04 Å². The van der Waals surface area contributed by atoms with Crippen LogP contribution in [-0.2, 0) is 4.79 Å². The van der Waals surface area contributed by atoms with Gasteiger partial charge in [0.25, 0.3) is 0 Å². The summed E-state index contributed by atoms with van der Waals surface area (Å²) in [6.07, 6.45) is 2.58. The van der Waals surface area contributed by atoms with Gasteiger partial charge in [0.05, 0.1) is 0 Å². The van der Waals surface area contributed by atoms with Crippen LogP contribution in [0.4, 0.5) is 10.5 Å². The minimum absolute atomic E-state index is 0.0365. The zero-order valence-electron chi connectivity index (χ0n) is 13.4. The van der Waals surface area contributed by atoms with Crippen molar-refractivity contribution in [1.29, 1.82) is 0 Å². The van der Waals surface area contributed by atoms with Crippen molar-refractivity contribution < 1.29 is 9.59 Å². The van der Waals surface area contributed by atoms with Gasteiger partial charge in [-0.2, -0.15) is 11.8 Å². The van der Waals surface area contributed by atoms with Crippen molar-refractivity contribution in [2.75, 3.05) is 43.1 Å². The fourth-order valence-electron chi connectivity index (χ4n) is 2.71. The van der Waals surface area contributed by atoms with Crippen molar-refractivity contribution in [1.82, 2.24) is 10.2 Å². The molecule has 1 heterocycles. The summed E-state index contributed by atoms with van der Waals surface area (Å²) in [7, 11) is 0. The van der Waals surface area contributed by atoms with Crippen LogP contribution in [0.25, 0.3) is 0 Å². The number of rotatable bonds is 6. The lowest BCUT2D eigenvalue weighted by Crippen LogP contribution is -2.55. The number of para-hydroxylation sites is 1. The highest BCUT2D eigenvalue weighted by Crippen LogP contribution is 2.16. The van der Waals surface area contributed by atoms with E-state index in [1.54, 1.807) is 11.8 Å². The number of thioether (sulfide) groups is 1. The van der Waals surface area contributed by atoms with E-state index in [2.05, 4.69) is 22.3 Å². The van der Waals surface area contributed by atoms with Crippen LogP contribution in [0.5, 0.6) is 0 Å². The first kappa shape index (κ1) is 17.5. The Bertz CT molecular complexity index is 518. The fourth-order valence-corrected chi connectivity index (χ4v) is 3.18. The van der Waals surface area contributed by atoms with Crippen LogP contribution < -0.4 is 16.0 Å². The van der Waals surface area contributed by atoms with Crippen molar-refractivity contribution in [3.05, 3.63) is 30.3 Å². The quantitative estimate of drug-likeness (QED) is 0.816. The summed E-state index contributed by atoms with van der Waals surface area (Å²) in [5.41, 5.74) is 6.37. The number of anilines is 1. The van der Waals surface area contributed by atoms with Crippen molar-refractivity contribution >= 4 is 29.4 Å². The van der Waals surface area contributed by atoms with Gasteiger partial charge in [-0.1, -0.05) is 18.2 Å². The largest absolute Gasteiger partial charge is 0.368 e. The Hall–Kier alpha value is -1.89. The first-order chi connectivity index (χ1) is 11.1. The number of primary amides is 1. The molecular weight excluding hydrogens is 312 g/mol. The third kappa shape index (κ3) is 5.06. The molecule has 3 N–H and O–H groups in total. The average molecular weight is 336 g/mol. The summed E-state index contributed by atoms with van der Waals surface area (Å²) in [5.74, 6) is 0.770. The molecule has 1 aromatic rings. The van der Waals surface area contributed by atoms with E-state index in [9.17, 15) is 9.59 Å². The van der Waals surface area contributed by atoms with Crippen LogP contribution in [-0.4, -0.2) is 61.1 Å². The molecule has 1 fully saturated rings. The lowest BCUT2D eigenvalue weighted by Gasteiger charge is -2.37. The van der Waals surface area contributed by atoms with Gasteiger partial charge in [0.15, 0.2) is 0 Å². The second-order valence-corrected chi connectivity index (χ2v) is 6.48. The maximum atomic E-state index is 12.6. The van der Waals surface area contributed by atoms with E-state index >= 15 is 0 Å². The Labute approximate surface area is 141 Å². The van der Waals surface area contributed by atoms with Gasteiger partial charge < -0.3 is 20.9 Å². The number of urea groups is 1. The molecule has 3 amide bonds. The summed E-state index contributed by atoms with van der Waals surface area (Å²) >= 11 is 1.65. The molecule has 6 nitrogen and oxygen atoms in total. The summed E-state index contributed by atoms with van der Waals surface area (Å²) in [5, 5.41) is 2.58. The second kappa shape index (κ2) is 8.67. The predicted octanol–water partition coefficient (Wildman–Crippen LogP) is 1.13. The Morgan fingerprint density at radius 2 is 1.87 bits per heavy atom. The summed E-state index contributed by atoms with van der Waals surface area (Å²) in [6.45, 7) is 2.90. The molecule has 1 saturated heterocycles. The lowest BCUT2D eigenvalue weighted by molar-refractivity contribution is -0.133. The Balaban J connectivity index is 1.91. The SMILES string of the molecule is CSCC[C@H](NC(N)=O)C(=O)N1CCN(c2ccccc2)CC1. The van der Waals surface area contributed by atoms with Crippen LogP contribution in [0.15, 0.2) is 30.3 Å². The maximum absolute atomic E-state index is 12.6. The number of piperazine rings is 1. The van der Waals surface area contributed by atoms with Gasteiger partial charge in [-0.05, 0) is 30.6 Å². The van der Waals surface area contributed by atoms with Crippen LogP contribution in [0.2, 0.25) is 0 Å². The van der Waals surface area contributed by atoms with Gasteiger partial charge in [-0.3, -0.25) is 4.79 Å². The third-order valence-electron chi connectivity index (χ3n) is 3.94. The summed E-state index contributed by atoms with van der Waals surface area (Å²) < 4.78 is 0. The molecule has 1 aromatic carbocycles. The number of amides is 3. The number of benzene rings is 1. The number of hydrogen-bond acceptors (Lipinski definition) is 4. The number of carbonyl (C=O) groups excluding carboxylic acids is 2. The molecule has 1 aliphatic heterocycles. The Morgan fingerprint density at radius 3 is 2.43 bits per heavy atom. The van der Waals surface area contributed by atoms with Crippen molar-refractivity contribution in [3.63, 3.8) is 0 Å². The van der Waals surface area contributed by atoms with E-state index in [1.807, 2.05) is 29.4 Å². The zero-order valence-corrected chi connectivity index (χ0v) is 14.2. The molecule has 23 heavy (non-hydrogen) atoms. The molecule has 0 radical (unpaired) electrons. The number of nitrogens with two attached hydrogens (primary N) is 1. The van der Waals surface area contributed by atoms with Crippen LogP contribution in [0, 0.1) is 0 Å². The topological polar surface area (TPSA) is 78.7 Å². The van der Waals surface area contributed by atoms with Gasteiger partial charge in [0.2, 0.25) is 5.91 Å². The molecule has 7 heteroatoms. The van der Waals surface area contributed by atoms with Gasteiger partial charge >= 0.3 is 6.03 Å². The third-order valence-corrected chi connectivity index (χ3v) is 4.58. The van der Waals surface area contributed by atoms with E-state index < -0.39 is 12.1 Å². The molecule has 0 bridgehead atoms. The molecule has 0 saturated carbocycles. The summed E-state index contributed by atoms with van der Waals surface area (Å²) in [4.78, 5) is 27.8. The zero-order chi connectivity index (χ0) is 16.7. The molecule has 126 valence electrons. The van der Waals surface area contributed by atoms with Crippen LogP contribution in [0.1, 0.15) is 6.42 Å². The number of carbonyl (C=O) groups is 2. The number of hydrogen-bond donors (Lipinski definition) is 2. The van der Waals surface area contributed by atoms with E-state index in [-0.39, 0.29) is 5.91 Å². The number of nitrogens with one attached hydrogen (secondary N) is 1. The highest BCUT2D eigenvalue weighted by atomic mass is 32.2. The van der Waals surface area contributed by atoms with Gasteiger partial charge in [-0.25, -0.2) is 4.79 Å². The Kier molecular flexibility index (Phi) is 6.58. The van der Waals surface area contributed by atoms with E-state index in [4.69, 9.17) is 5.73 Å². The molecule has 0 aromatic heterocycles. The molecule has 1 aliphatic rings. The van der Waals surface area contributed by atoms with E-state index in [0.29, 0.717) is 19.5 Å². The molecular formula is C16H24N4O2S. The predicted molar refractivity (Wildman–Crippen MR) is 94.7 cm³/mol. The van der Waals surface area contributed by atoms with E-state index in [0.717, 1.165) is 18.8 Å². The monoisotopic (exact) mass is 336 g/mol. The first-order valence-corrected chi connectivity index (χ1v) is 9.15. The Morgan fingerprint density at radius 1 is 1.22 bits per heavy atom. The molecule has 2 rings (SSSR count). The van der Waals surface area contributed by atoms with Crippen molar-refractivity contribution in [2.45, 2.75) is 12.5 Å². The second-order valence-electron chi connectivity index (χ2n) is 5.49.